The Hall–Kier alpha value is -3.19. The number of hydrogen-bond donors (Lipinski definition) is 2. The Morgan fingerprint density at radius 2 is 1.83 bits per heavy atom. The minimum Gasteiger partial charge on any atom is -0.505 e. The van der Waals surface area contributed by atoms with Crippen molar-refractivity contribution >= 4 is 32.8 Å². The molecule has 0 saturated carbocycles. The van der Waals surface area contributed by atoms with E-state index in [-0.39, 0.29) is 23.9 Å². The number of ether oxygens (including phenoxy) is 1. The molecular weight excluding hydrogens is 439 g/mol. The van der Waals surface area contributed by atoms with Crippen LogP contribution in [0.1, 0.15) is 17.4 Å². The highest BCUT2D eigenvalue weighted by atomic mass is 79.9. The number of H-pyrrole nitrogens is 1. The summed E-state index contributed by atoms with van der Waals surface area (Å²) in [5.41, 5.74) is 3.00. The Labute approximate surface area is 174 Å². The lowest BCUT2D eigenvalue weighted by Gasteiger charge is -2.09. The van der Waals surface area contributed by atoms with Gasteiger partial charge in [-0.05, 0) is 52.7 Å². The molecule has 0 radical (unpaired) electrons. The molecule has 0 unspecified atom stereocenters. The van der Waals surface area contributed by atoms with Gasteiger partial charge in [-0.2, -0.15) is 0 Å². The molecule has 0 aliphatic rings. The molecule has 0 aliphatic carbocycles. The third kappa shape index (κ3) is 3.38. The smallest absolute Gasteiger partial charge is 0.360 e. The van der Waals surface area contributed by atoms with E-state index in [0.29, 0.717) is 32.3 Å². The number of halogens is 2. The van der Waals surface area contributed by atoms with Crippen LogP contribution in [0.5, 0.6) is 5.75 Å². The monoisotopic (exact) mass is 454 g/mol. The zero-order valence-corrected chi connectivity index (χ0v) is 17.0. The van der Waals surface area contributed by atoms with Gasteiger partial charge in [-0.15, -0.1) is 0 Å². The van der Waals surface area contributed by atoms with Gasteiger partial charge in [0.2, 0.25) is 0 Å². The maximum absolute atomic E-state index is 13.3. The SMILES string of the molecule is CCOC(=O)c1nc(-c2ccccc2)c2[nH]c(-c3ccc(F)cc3)c(Br)c2c1O. The number of nitrogens with zero attached hydrogens (tertiary/aromatic N) is 1. The first kappa shape index (κ1) is 19.1. The molecule has 4 aromatic rings. The van der Waals surface area contributed by atoms with Gasteiger partial charge in [0.1, 0.15) is 5.82 Å². The summed E-state index contributed by atoms with van der Waals surface area (Å²) >= 11 is 3.52. The van der Waals surface area contributed by atoms with E-state index >= 15 is 0 Å². The minimum absolute atomic E-state index is 0.161. The van der Waals surface area contributed by atoms with Crippen LogP contribution in [0.2, 0.25) is 0 Å². The van der Waals surface area contributed by atoms with Gasteiger partial charge in [0, 0.05) is 5.56 Å². The maximum atomic E-state index is 13.3. The number of benzene rings is 2. The van der Waals surface area contributed by atoms with Crippen LogP contribution in [-0.4, -0.2) is 27.7 Å². The van der Waals surface area contributed by atoms with Crippen LogP contribution in [0, 0.1) is 5.82 Å². The summed E-state index contributed by atoms with van der Waals surface area (Å²) < 4.78 is 19.0. The lowest BCUT2D eigenvalue weighted by atomic mass is 10.1. The predicted octanol–water partition coefficient (Wildman–Crippen LogP) is 5.68. The van der Waals surface area contributed by atoms with Crippen LogP contribution in [0.15, 0.2) is 59.1 Å². The number of hydrogen-bond acceptors (Lipinski definition) is 4. The van der Waals surface area contributed by atoms with Crippen molar-refractivity contribution in [3.8, 4) is 28.3 Å². The number of aromatic hydroxyl groups is 1. The molecule has 2 aromatic heterocycles. The average molecular weight is 455 g/mol. The van der Waals surface area contributed by atoms with Gasteiger partial charge >= 0.3 is 5.97 Å². The average Bonchev–Trinajstić information content (AvgIpc) is 3.07. The van der Waals surface area contributed by atoms with Crippen molar-refractivity contribution in [2.45, 2.75) is 6.92 Å². The van der Waals surface area contributed by atoms with Crippen molar-refractivity contribution in [1.29, 1.82) is 0 Å². The Bertz CT molecular complexity index is 1200. The number of rotatable bonds is 4. The number of esters is 1. The molecule has 2 aromatic carbocycles. The van der Waals surface area contributed by atoms with E-state index < -0.39 is 5.97 Å². The van der Waals surface area contributed by atoms with Crippen LogP contribution in [0.25, 0.3) is 33.4 Å². The zero-order chi connectivity index (χ0) is 20.5. The quantitative estimate of drug-likeness (QED) is 0.389. The first-order chi connectivity index (χ1) is 14.0. The fourth-order valence-electron chi connectivity index (χ4n) is 3.18. The summed E-state index contributed by atoms with van der Waals surface area (Å²) in [4.78, 5) is 20.1. The lowest BCUT2D eigenvalue weighted by molar-refractivity contribution is 0.0516. The highest BCUT2D eigenvalue weighted by molar-refractivity contribution is 9.10. The molecule has 5 nitrogen and oxygen atoms in total. The third-order valence-corrected chi connectivity index (χ3v) is 5.30. The topological polar surface area (TPSA) is 75.2 Å². The highest BCUT2D eigenvalue weighted by Crippen LogP contribution is 2.43. The van der Waals surface area contributed by atoms with Crippen molar-refractivity contribution in [2.24, 2.45) is 0 Å². The molecule has 2 heterocycles. The van der Waals surface area contributed by atoms with E-state index in [2.05, 4.69) is 25.9 Å². The number of carbonyl (C=O) groups excluding carboxylic acids is 1. The largest absolute Gasteiger partial charge is 0.505 e. The number of aromatic amines is 1. The first-order valence-electron chi connectivity index (χ1n) is 8.93. The molecule has 29 heavy (non-hydrogen) atoms. The number of pyridine rings is 1. The fraction of sp³-hybridized carbons (Fsp3) is 0.0909. The van der Waals surface area contributed by atoms with Crippen LogP contribution >= 0.6 is 15.9 Å². The summed E-state index contributed by atoms with van der Waals surface area (Å²) in [6.45, 7) is 1.85. The van der Waals surface area contributed by atoms with Crippen LogP contribution in [0.3, 0.4) is 0 Å². The van der Waals surface area contributed by atoms with Crippen LogP contribution < -0.4 is 0 Å². The first-order valence-corrected chi connectivity index (χ1v) is 9.73. The van der Waals surface area contributed by atoms with Crippen molar-refractivity contribution in [3.63, 3.8) is 0 Å². The van der Waals surface area contributed by atoms with Gasteiger partial charge in [-0.3, -0.25) is 0 Å². The highest BCUT2D eigenvalue weighted by Gasteiger charge is 2.25. The van der Waals surface area contributed by atoms with Gasteiger partial charge < -0.3 is 14.8 Å². The van der Waals surface area contributed by atoms with Gasteiger partial charge in [-0.25, -0.2) is 14.2 Å². The lowest BCUT2D eigenvalue weighted by Crippen LogP contribution is -2.08. The van der Waals surface area contributed by atoms with Crippen LogP contribution in [0.4, 0.5) is 4.39 Å². The Balaban J connectivity index is 2.04. The van der Waals surface area contributed by atoms with E-state index in [1.807, 2.05) is 30.3 Å². The Morgan fingerprint density at radius 3 is 2.48 bits per heavy atom. The Kier molecular flexibility index (Phi) is 5.07. The molecule has 2 N–H and O–H groups in total. The van der Waals surface area contributed by atoms with Crippen molar-refractivity contribution in [1.82, 2.24) is 9.97 Å². The third-order valence-electron chi connectivity index (χ3n) is 4.51. The molecule has 0 amide bonds. The molecule has 4 rings (SSSR count). The van der Waals surface area contributed by atoms with E-state index in [4.69, 9.17) is 4.74 Å². The number of fused-ring (bicyclic) bond motifs is 1. The van der Waals surface area contributed by atoms with E-state index in [0.717, 1.165) is 5.56 Å². The second kappa shape index (κ2) is 7.67. The normalized spacial score (nSPS) is 11.0. The Morgan fingerprint density at radius 1 is 1.14 bits per heavy atom. The summed E-state index contributed by atoms with van der Waals surface area (Å²) in [6, 6.07) is 15.3. The second-order valence-corrected chi connectivity index (χ2v) is 7.11. The van der Waals surface area contributed by atoms with Crippen molar-refractivity contribution in [3.05, 3.63) is 70.6 Å². The summed E-state index contributed by atoms with van der Waals surface area (Å²) in [7, 11) is 0. The molecule has 7 heteroatoms. The molecule has 146 valence electrons. The molecule has 0 fully saturated rings. The van der Waals surface area contributed by atoms with Gasteiger partial charge in [0.15, 0.2) is 11.4 Å². The minimum atomic E-state index is -0.708. The molecule has 0 saturated heterocycles. The number of aromatic nitrogens is 2. The predicted molar refractivity (Wildman–Crippen MR) is 112 cm³/mol. The fourth-order valence-corrected chi connectivity index (χ4v) is 3.89. The maximum Gasteiger partial charge on any atom is 0.360 e. The standard InChI is InChI=1S/C22H16BrFN2O3/c1-2-29-22(28)20-21(27)15-16(23)17(13-8-10-14(24)11-9-13)25-19(15)18(26-20)12-6-4-3-5-7-12/h3-11,25,27H,2H2,1H3. The van der Waals surface area contributed by atoms with Crippen molar-refractivity contribution < 1.29 is 19.0 Å². The molecule has 0 atom stereocenters. The van der Waals surface area contributed by atoms with Gasteiger partial charge in [0.05, 0.1) is 33.4 Å². The molecule has 0 bridgehead atoms. The summed E-state index contributed by atoms with van der Waals surface area (Å²) in [6.07, 6.45) is 0. The van der Waals surface area contributed by atoms with Gasteiger partial charge in [0.25, 0.3) is 0 Å². The van der Waals surface area contributed by atoms with Gasteiger partial charge in [-0.1, -0.05) is 30.3 Å². The molecule has 0 aliphatic heterocycles. The number of nitrogens with one attached hydrogen (secondary N) is 1. The summed E-state index contributed by atoms with van der Waals surface area (Å²) in [5.74, 6) is -1.34. The second-order valence-electron chi connectivity index (χ2n) is 6.31. The summed E-state index contributed by atoms with van der Waals surface area (Å²) in [5, 5.41) is 11.2. The zero-order valence-electron chi connectivity index (χ0n) is 15.4. The van der Waals surface area contributed by atoms with Crippen LogP contribution in [-0.2, 0) is 4.74 Å². The number of carbonyl (C=O) groups is 1. The molecule has 0 spiro atoms. The molecular formula is C22H16BrFN2O3. The van der Waals surface area contributed by atoms with E-state index in [1.165, 1.54) is 12.1 Å². The van der Waals surface area contributed by atoms with E-state index in [9.17, 15) is 14.3 Å². The van der Waals surface area contributed by atoms with E-state index in [1.54, 1.807) is 19.1 Å². The van der Waals surface area contributed by atoms with Crippen molar-refractivity contribution in [2.75, 3.05) is 6.61 Å².